The van der Waals surface area contributed by atoms with E-state index >= 15 is 0 Å². The van der Waals surface area contributed by atoms with E-state index in [1.807, 2.05) is 13.8 Å². The lowest BCUT2D eigenvalue weighted by Crippen LogP contribution is -2.42. The van der Waals surface area contributed by atoms with Crippen molar-refractivity contribution in [3.63, 3.8) is 0 Å². The highest BCUT2D eigenvalue weighted by Crippen LogP contribution is 1.98. The van der Waals surface area contributed by atoms with Gasteiger partial charge in [-0.2, -0.15) is 0 Å². The van der Waals surface area contributed by atoms with Gasteiger partial charge in [-0.15, -0.1) is 0 Å². The SMILES string of the molecule is CCN(C)C(=O)N(CC)CCC(N)=NO. The van der Waals surface area contributed by atoms with E-state index in [-0.39, 0.29) is 11.9 Å². The molecule has 0 aromatic carbocycles. The molecule has 0 bridgehead atoms. The molecule has 0 heterocycles. The van der Waals surface area contributed by atoms with Crippen LogP contribution in [0.4, 0.5) is 4.79 Å². The second kappa shape index (κ2) is 6.92. The van der Waals surface area contributed by atoms with Gasteiger partial charge in [0.25, 0.3) is 0 Å². The third-order valence-corrected chi connectivity index (χ3v) is 2.22. The molecule has 0 fully saturated rings. The van der Waals surface area contributed by atoms with Crippen molar-refractivity contribution in [3.05, 3.63) is 0 Å². The molecule has 3 N–H and O–H groups in total. The van der Waals surface area contributed by atoms with Crippen LogP contribution in [0.1, 0.15) is 20.3 Å². The molecule has 6 nitrogen and oxygen atoms in total. The minimum absolute atomic E-state index is 0.0364. The fraction of sp³-hybridized carbons (Fsp3) is 0.778. The molecule has 0 spiro atoms. The van der Waals surface area contributed by atoms with Gasteiger partial charge in [0.05, 0.1) is 0 Å². The molecule has 2 amide bonds. The van der Waals surface area contributed by atoms with Gasteiger partial charge < -0.3 is 20.7 Å². The average Bonchev–Trinajstić information content (AvgIpc) is 2.27. The predicted molar refractivity (Wildman–Crippen MR) is 59.0 cm³/mol. The summed E-state index contributed by atoms with van der Waals surface area (Å²) in [4.78, 5) is 15.0. The summed E-state index contributed by atoms with van der Waals surface area (Å²) in [6.45, 7) is 5.55. The number of rotatable bonds is 5. The minimum atomic E-state index is -0.0364. The molecule has 15 heavy (non-hydrogen) atoms. The molecule has 0 aliphatic carbocycles. The number of nitrogens with zero attached hydrogens (tertiary/aromatic N) is 3. The summed E-state index contributed by atoms with van der Waals surface area (Å²) in [5, 5.41) is 11.2. The van der Waals surface area contributed by atoms with Crippen molar-refractivity contribution in [1.29, 1.82) is 0 Å². The summed E-state index contributed by atoms with van der Waals surface area (Å²) in [5.41, 5.74) is 5.33. The number of carbonyl (C=O) groups is 1. The first-order valence-corrected chi connectivity index (χ1v) is 5.03. The Hall–Kier alpha value is -1.46. The Kier molecular flexibility index (Phi) is 6.24. The van der Waals surface area contributed by atoms with E-state index in [0.717, 1.165) is 0 Å². The van der Waals surface area contributed by atoms with Crippen LogP contribution < -0.4 is 5.73 Å². The van der Waals surface area contributed by atoms with Crippen molar-refractivity contribution in [2.24, 2.45) is 10.9 Å². The summed E-state index contributed by atoms with van der Waals surface area (Å²) >= 11 is 0. The molecule has 0 unspecified atom stereocenters. The van der Waals surface area contributed by atoms with Crippen molar-refractivity contribution in [3.8, 4) is 0 Å². The molecule has 0 radical (unpaired) electrons. The molecule has 0 saturated carbocycles. The van der Waals surface area contributed by atoms with Crippen LogP contribution in [0.5, 0.6) is 0 Å². The van der Waals surface area contributed by atoms with Crippen molar-refractivity contribution < 1.29 is 10.0 Å². The number of oxime groups is 1. The Morgan fingerprint density at radius 1 is 1.40 bits per heavy atom. The number of carbonyl (C=O) groups excluding carboxylic acids is 1. The average molecular weight is 216 g/mol. The van der Waals surface area contributed by atoms with Crippen LogP contribution in [0.15, 0.2) is 5.16 Å². The first-order chi connectivity index (χ1) is 7.06. The van der Waals surface area contributed by atoms with Crippen molar-refractivity contribution >= 4 is 11.9 Å². The van der Waals surface area contributed by atoms with Gasteiger partial charge in [0.2, 0.25) is 0 Å². The fourth-order valence-corrected chi connectivity index (χ4v) is 1.07. The van der Waals surface area contributed by atoms with Crippen molar-refractivity contribution in [2.45, 2.75) is 20.3 Å². The Labute approximate surface area is 90.3 Å². The number of hydrogen-bond acceptors (Lipinski definition) is 3. The lowest BCUT2D eigenvalue weighted by atomic mass is 10.3. The van der Waals surface area contributed by atoms with Gasteiger partial charge in [0, 0.05) is 33.1 Å². The molecule has 0 rings (SSSR count). The summed E-state index contributed by atoms with van der Waals surface area (Å²) in [7, 11) is 1.74. The highest BCUT2D eigenvalue weighted by molar-refractivity contribution is 5.80. The van der Waals surface area contributed by atoms with Gasteiger partial charge in [-0.1, -0.05) is 5.16 Å². The third-order valence-electron chi connectivity index (χ3n) is 2.22. The zero-order chi connectivity index (χ0) is 11.8. The van der Waals surface area contributed by atoms with Crippen molar-refractivity contribution in [1.82, 2.24) is 9.80 Å². The topological polar surface area (TPSA) is 82.2 Å². The third kappa shape index (κ3) is 4.53. The highest BCUT2D eigenvalue weighted by atomic mass is 16.4. The van der Waals surface area contributed by atoms with Gasteiger partial charge in [0.15, 0.2) is 0 Å². The maximum atomic E-state index is 11.7. The lowest BCUT2D eigenvalue weighted by Gasteiger charge is -2.26. The van der Waals surface area contributed by atoms with Gasteiger partial charge in [-0.05, 0) is 13.8 Å². The van der Waals surface area contributed by atoms with Crippen LogP contribution in [-0.2, 0) is 0 Å². The second-order valence-corrected chi connectivity index (χ2v) is 3.22. The maximum absolute atomic E-state index is 11.7. The van der Waals surface area contributed by atoms with Crippen molar-refractivity contribution in [2.75, 3.05) is 26.7 Å². The van der Waals surface area contributed by atoms with E-state index in [1.165, 1.54) is 0 Å². The molecular formula is C9H20N4O2. The first kappa shape index (κ1) is 13.5. The zero-order valence-electron chi connectivity index (χ0n) is 9.60. The maximum Gasteiger partial charge on any atom is 0.319 e. The predicted octanol–water partition coefficient (Wildman–Crippen LogP) is 0.516. The van der Waals surface area contributed by atoms with Gasteiger partial charge in [-0.3, -0.25) is 0 Å². The molecule has 88 valence electrons. The first-order valence-electron chi connectivity index (χ1n) is 5.03. The normalized spacial score (nSPS) is 11.3. The van der Waals surface area contributed by atoms with Crippen LogP contribution >= 0.6 is 0 Å². The van der Waals surface area contributed by atoms with Gasteiger partial charge in [0.1, 0.15) is 5.84 Å². The van der Waals surface area contributed by atoms with Crippen LogP contribution in [0, 0.1) is 0 Å². The quantitative estimate of drug-likeness (QED) is 0.304. The summed E-state index contributed by atoms with van der Waals surface area (Å²) in [6.07, 6.45) is 0.383. The number of urea groups is 1. The molecular weight excluding hydrogens is 196 g/mol. The second-order valence-electron chi connectivity index (χ2n) is 3.22. The zero-order valence-corrected chi connectivity index (χ0v) is 9.60. The summed E-state index contributed by atoms with van der Waals surface area (Å²) in [6, 6.07) is -0.0364. The van der Waals surface area contributed by atoms with E-state index in [1.54, 1.807) is 16.8 Å². The monoisotopic (exact) mass is 216 g/mol. The van der Waals surface area contributed by atoms with E-state index < -0.39 is 0 Å². The standard InChI is InChI=1S/C9H20N4O2/c1-4-12(3)9(14)13(5-2)7-6-8(10)11-15/h15H,4-7H2,1-3H3,(H2,10,11). The summed E-state index contributed by atoms with van der Waals surface area (Å²) in [5.74, 6) is 0.139. The number of hydrogen-bond donors (Lipinski definition) is 2. The van der Waals surface area contributed by atoms with E-state index in [4.69, 9.17) is 10.9 Å². The molecule has 6 heteroatoms. The van der Waals surface area contributed by atoms with E-state index in [2.05, 4.69) is 5.16 Å². The Morgan fingerprint density at radius 3 is 2.40 bits per heavy atom. The molecule has 0 aliphatic heterocycles. The number of amidine groups is 1. The van der Waals surface area contributed by atoms with Gasteiger partial charge in [-0.25, -0.2) is 4.79 Å². The van der Waals surface area contributed by atoms with Crippen LogP contribution in [0.2, 0.25) is 0 Å². The Bertz CT molecular complexity index is 230. The Balaban J connectivity index is 4.19. The fourth-order valence-electron chi connectivity index (χ4n) is 1.07. The summed E-state index contributed by atoms with van der Waals surface area (Å²) < 4.78 is 0. The minimum Gasteiger partial charge on any atom is -0.409 e. The highest BCUT2D eigenvalue weighted by Gasteiger charge is 2.14. The van der Waals surface area contributed by atoms with E-state index in [9.17, 15) is 4.79 Å². The molecule has 0 aliphatic rings. The number of amides is 2. The van der Waals surface area contributed by atoms with E-state index in [0.29, 0.717) is 26.1 Å². The number of nitrogens with two attached hydrogens (primary N) is 1. The lowest BCUT2D eigenvalue weighted by molar-refractivity contribution is 0.168. The molecule has 0 atom stereocenters. The Morgan fingerprint density at radius 2 is 2.00 bits per heavy atom. The van der Waals surface area contributed by atoms with Crippen LogP contribution in [0.25, 0.3) is 0 Å². The van der Waals surface area contributed by atoms with Crippen LogP contribution in [0.3, 0.4) is 0 Å². The molecule has 0 aromatic rings. The van der Waals surface area contributed by atoms with Gasteiger partial charge >= 0.3 is 6.03 Å². The molecule has 0 aromatic heterocycles. The largest absolute Gasteiger partial charge is 0.409 e. The van der Waals surface area contributed by atoms with Crippen LogP contribution in [-0.4, -0.2) is 53.6 Å². The molecule has 0 saturated heterocycles. The smallest absolute Gasteiger partial charge is 0.319 e.